The van der Waals surface area contributed by atoms with Gasteiger partial charge in [0.1, 0.15) is 29.5 Å². The van der Waals surface area contributed by atoms with Crippen LogP contribution in [0.1, 0.15) is 41.4 Å². The second-order valence-corrected chi connectivity index (χ2v) is 11.2. The molecule has 0 spiro atoms. The van der Waals surface area contributed by atoms with Crippen molar-refractivity contribution in [2.75, 3.05) is 13.2 Å². The van der Waals surface area contributed by atoms with E-state index in [-0.39, 0.29) is 34.4 Å². The van der Waals surface area contributed by atoms with Crippen LogP contribution in [0.2, 0.25) is 0 Å². The van der Waals surface area contributed by atoms with Crippen LogP contribution in [0, 0.1) is 5.82 Å². The van der Waals surface area contributed by atoms with Crippen molar-refractivity contribution in [1.29, 1.82) is 0 Å². The van der Waals surface area contributed by atoms with Crippen LogP contribution in [0.25, 0.3) is 22.4 Å². The number of carbonyl (C=O) groups excluding carboxylic acids is 1. The molecule has 8 nitrogen and oxygen atoms in total. The first-order valence-electron chi connectivity index (χ1n) is 13.9. The molecular weight excluding hydrogens is 580 g/mol. The molecule has 1 amide bonds. The summed E-state index contributed by atoms with van der Waals surface area (Å²) in [6, 6.07) is 14.5. The number of hydrogen-bond acceptors (Lipinski definition) is 7. The number of nitrogens with one attached hydrogen (secondary N) is 1. The molecule has 12 heteroatoms. The minimum Gasteiger partial charge on any atom is -0.490 e. The molecule has 1 saturated carbocycles. The van der Waals surface area contributed by atoms with Gasteiger partial charge in [0, 0.05) is 40.2 Å². The van der Waals surface area contributed by atoms with Gasteiger partial charge >= 0.3 is 6.18 Å². The summed E-state index contributed by atoms with van der Waals surface area (Å²) in [6.45, 7) is 0.00290. The van der Waals surface area contributed by atoms with Gasteiger partial charge in [-0.25, -0.2) is 9.37 Å². The van der Waals surface area contributed by atoms with Crippen LogP contribution < -0.4 is 20.5 Å². The van der Waals surface area contributed by atoms with E-state index in [9.17, 15) is 27.5 Å². The van der Waals surface area contributed by atoms with Gasteiger partial charge in [-0.15, -0.1) is 0 Å². The van der Waals surface area contributed by atoms with E-state index in [0.717, 1.165) is 36.6 Å². The number of carbonyl (C=O) groups is 1. The van der Waals surface area contributed by atoms with Crippen molar-refractivity contribution < 1.29 is 36.9 Å². The van der Waals surface area contributed by atoms with Crippen molar-refractivity contribution in [3.8, 4) is 33.9 Å². The Labute approximate surface area is 249 Å². The number of aromatic nitrogens is 2. The molecule has 4 aromatic rings. The van der Waals surface area contributed by atoms with E-state index in [1.165, 1.54) is 19.1 Å². The number of nitrogens with zero attached hydrogens (tertiary/aromatic N) is 2. The topological polar surface area (TPSA) is 120 Å². The summed E-state index contributed by atoms with van der Waals surface area (Å²) in [6.07, 6.45) is 0.413. The maximum Gasteiger partial charge on any atom is 0.414 e. The first-order chi connectivity index (χ1) is 20.9. The number of alkyl halides is 3. The molecule has 4 N–H and O–H groups in total. The standard InChI is InChI=1S/C32H28F4N4O4/c1-30(42,16-39-29(41)19-6-11-25(44-22-9-10-22)23(13-19)20-3-2-12-38-15-20)26-14-24-28(43-17-31(24,37)32(34,35)36)27(40-26)18-4-7-21(33)8-5-18/h2-8,11-15,22,42H,9-10,16-17,37H2,1H3,(H,39,41)/t30?,31-/m0/s1. The molecule has 0 bridgehead atoms. The Kier molecular flexibility index (Phi) is 7.29. The number of aliphatic hydroxyl groups is 1. The summed E-state index contributed by atoms with van der Waals surface area (Å²) >= 11 is 0. The molecule has 1 aliphatic heterocycles. The third-order valence-electron chi connectivity index (χ3n) is 7.70. The fourth-order valence-corrected chi connectivity index (χ4v) is 4.92. The highest BCUT2D eigenvalue weighted by Crippen LogP contribution is 2.49. The summed E-state index contributed by atoms with van der Waals surface area (Å²) < 4.78 is 67.4. The van der Waals surface area contributed by atoms with Crippen LogP contribution in [0.15, 0.2) is 73.1 Å². The molecule has 2 aliphatic rings. The van der Waals surface area contributed by atoms with E-state index in [1.54, 1.807) is 36.7 Å². The largest absolute Gasteiger partial charge is 0.490 e. The third-order valence-corrected chi connectivity index (χ3v) is 7.70. The average Bonchev–Trinajstić information content (AvgIpc) is 3.75. The molecule has 0 saturated heterocycles. The first-order valence-corrected chi connectivity index (χ1v) is 13.9. The molecule has 2 atom stereocenters. The molecular formula is C32H28F4N4O4. The molecule has 44 heavy (non-hydrogen) atoms. The van der Waals surface area contributed by atoms with Gasteiger partial charge in [0.2, 0.25) is 0 Å². The molecule has 1 aliphatic carbocycles. The Morgan fingerprint density at radius 2 is 1.89 bits per heavy atom. The Hall–Kier alpha value is -4.55. The summed E-state index contributed by atoms with van der Waals surface area (Å²) in [5.41, 5.74) is 2.29. The molecule has 0 radical (unpaired) electrons. The van der Waals surface area contributed by atoms with Gasteiger partial charge in [0.25, 0.3) is 5.91 Å². The van der Waals surface area contributed by atoms with Crippen molar-refractivity contribution in [3.63, 3.8) is 0 Å². The van der Waals surface area contributed by atoms with Crippen molar-refractivity contribution in [3.05, 3.63) is 95.7 Å². The number of ether oxygens (including phenoxy) is 2. The highest BCUT2D eigenvalue weighted by molar-refractivity contribution is 5.96. The van der Waals surface area contributed by atoms with Crippen LogP contribution in [-0.2, 0) is 11.1 Å². The van der Waals surface area contributed by atoms with Gasteiger partial charge in [-0.05, 0) is 74.4 Å². The number of pyridine rings is 2. The second kappa shape index (κ2) is 10.9. The molecule has 1 fully saturated rings. The number of nitrogens with two attached hydrogens (primary N) is 1. The van der Waals surface area contributed by atoms with Gasteiger partial charge in [0.05, 0.1) is 18.3 Å². The third kappa shape index (κ3) is 5.58. The van der Waals surface area contributed by atoms with Crippen LogP contribution in [0.4, 0.5) is 17.6 Å². The lowest BCUT2D eigenvalue weighted by atomic mass is 9.88. The van der Waals surface area contributed by atoms with Gasteiger partial charge in [-0.2, -0.15) is 13.2 Å². The normalized spacial score (nSPS) is 19.1. The summed E-state index contributed by atoms with van der Waals surface area (Å²) in [4.78, 5) is 21.8. The van der Waals surface area contributed by atoms with Crippen LogP contribution in [0.5, 0.6) is 11.5 Å². The lowest BCUT2D eigenvalue weighted by Gasteiger charge is -2.28. The maximum absolute atomic E-state index is 14.1. The highest BCUT2D eigenvalue weighted by Gasteiger charge is 2.59. The lowest BCUT2D eigenvalue weighted by molar-refractivity contribution is -0.191. The van der Waals surface area contributed by atoms with E-state index in [2.05, 4.69) is 15.3 Å². The average molecular weight is 609 g/mol. The zero-order chi connectivity index (χ0) is 31.3. The van der Waals surface area contributed by atoms with Crippen LogP contribution in [-0.4, -0.2) is 46.4 Å². The highest BCUT2D eigenvalue weighted by atomic mass is 19.4. The predicted octanol–water partition coefficient (Wildman–Crippen LogP) is 5.24. The number of benzene rings is 2. The van der Waals surface area contributed by atoms with Crippen molar-refractivity contribution in [2.24, 2.45) is 5.73 Å². The smallest absolute Gasteiger partial charge is 0.414 e. The van der Waals surface area contributed by atoms with Crippen molar-refractivity contribution >= 4 is 5.91 Å². The Balaban J connectivity index is 1.31. The van der Waals surface area contributed by atoms with E-state index in [0.29, 0.717) is 11.3 Å². The Bertz CT molecular complexity index is 1710. The number of amides is 1. The fraction of sp³-hybridized carbons (Fsp3) is 0.281. The number of hydrogen-bond donors (Lipinski definition) is 3. The van der Waals surface area contributed by atoms with E-state index < -0.39 is 47.8 Å². The van der Waals surface area contributed by atoms with E-state index in [1.807, 2.05) is 6.07 Å². The summed E-state index contributed by atoms with van der Waals surface area (Å²) in [5.74, 6) is -0.701. The zero-order valence-corrected chi connectivity index (χ0v) is 23.5. The van der Waals surface area contributed by atoms with Crippen LogP contribution >= 0.6 is 0 Å². The van der Waals surface area contributed by atoms with Gasteiger partial charge in [0.15, 0.2) is 11.3 Å². The molecule has 6 rings (SSSR count). The predicted molar refractivity (Wildman–Crippen MR) is 152 cm³/mol. The second-order valence-electron chi connectivity index (χ2n) is 11.2. The first kappa shape index (κ1) is 29.5. The molecule has 2 aromatic carbocycles. The summed E-state index contributed by atoms with van der Waals surface area (Å²) in [5, 5.41) is 14.1. The van der Waals surface area contributed by atoms with Crippen molar-refractivity contribution in [1.82, 2.24) is 15.3 Å². The quantitative estimate of drug-likeness (QED) is 0.234. The van der Waals surface area contributed by atoms with Crippen molar-refractivity contribution in [2.45, 2.75) is 43.2 Å². The monoisotopic (exact) mass is 608 g/mol. The minimum atomic E-state index is -4.89. The fourth-order valence-electron chi connectivity index (χ4n) is 4.92. The Morgan fingerprint density at radius 1 is 1.14 bits per heavy atom. The summed E-state index contributed by atoms with van der Waals surface area (Å²) in [7, 11) is 0. The zero-order valence-electron chi connectivity index (χ0n) is 23.5. The van der Waals surface area contributed by atoms with Gasteiger partial charge in [-0.1, -0.05) is 6.07 Å². The number of rotatable bonds is 8. The number of halogens is 4. The lowest BCUT2D eigenvalue weighted by Crippen LogP contribution is -2.52. The maximum atomic E-state index is 14.1. The molecule has 228 valence electrons. The minimum absolute atomic E-state index is 0.0481. The Morgan fingerprint density at radius 3 is 2.55 bits per heavy atom. The van der Waals surface area contributed by atoms with Gasteiger partial charge < -0.3 is 25.6 Å². The van der Waals surface area contributed by atoms with E-state index in [4.69, 9.17) is 15.2 Å². The van der Waals surface area contributed by atoms with E-state index >= 15 is 0 Å². The molecule has 2 aromatic heterocycles. The number of fused-ring (bicyclic) bond motifs is 1. The SMILES string of the molecule is CC(O)(CNC(=O)c1ccc(OC2CC2)c(-c2cccnc2)c1)c1cc2c(c(-c3ccc(F)cc3)n1)OC[C@@]2(N)C(F)(F)F. The molecule has 1 unspecified atom stereocenters. The van der Waals surface area contributed by atoms with Gasteiger partial charge in [-0.3, -0.25) is 9.78 Å². The van der Waals surface area contributed by atoms with Crippen LogP contribution in [0.3, 0.4) is 0 Å². The molecule has 3 heterocycles.